The average Bonchev–Trinajstić information content (AvgIpc) is 2.76. The summed E-state index contributed by atoms with van der Waals surface area (Å²) < 4.78 is 0. The Bertz CT molecular complexity index is 985. The fourth-order valence-corrected chi connectivity index (χ4v) is 3.36. The van der Waals surface area contributed by atoms with Gasteiger partial charge >= 0.3 is 0 Å². The van der Waals surface area contributed by atoms with Crippen LogP contribution in [-0.2, 0) is 0 Å². The van der Waals surface area contributed by atoms with E-state index in [9.17, 15) is 0 Å². The van der Waals surface area contributed by atoms with Gasteiger partial charge in [-0.2, -0.15) is 0 Å². The summed E-state index contributed by atoms with van der Waals surface area (Å²) in [5, 5.41) is 0. The molecule has 0 amide bonds. The highest BCUT2D eigenvalue weighted by atomic mass is 15.2. The molecule has 138 valence electrons. The van der Waals surface area contributed by atoms with Crippen LogP contribution in [0.15, 0.2) is 109 Å². The molecule has 2 heteroatoms. The zero-order valence-corrected chi connectivity index (χ0v) is 16.3. The molecular weight excluding hydrogens is 340 g/mol. The quantitative estimate of drug-likeness (QED) is 0.368. The minimum atomic E-state index is 1.13. The van der Waals surface area contributed by atoms with Gasteiger partial charge in [0.2, 0.25) is 0 Å². The first-order chi connectivity index (χ1) is 13.7. The minimum Gasteiger partial charge on any atom is -0.345 e. The molecule has 0 aliphatic heterocycles. The maximum absolute atomic E-state index is 2.28. The summed E-state index contributed by atoms with van der Waals surface area (Å²) in [5.74, 6) is 0. The van der Waals surface area contributed by atoms with Gasteiger partial charge in [0.05, 0.1) is 0 Å². The predicted molar refractivity (Wildman–Crippen MR) is 120 cm³/mol. The summed E-state index contributed by atoms with van der Waals surface area (Å²) in [4.78, 5) is 4.50. The van der Waals surface area contributed by atoms with Crippen LogP contribution in [0.1, 0.15) is 5.56 Å². The van der Waals surface area contributed by atoms with Crippen LogP contribution in [-0.4, -0.2) is 7.05 Å². The Hall–Kier alpha value is -3.52. The van der Waals surface area contributed by atoms with Gasteiger partial charge in [0.1, 0.15) is 0 Å². The molecule has 0 aromatic heterocycles. The molecular formula is C26H24N2. The van der Waals surface area contributed by atoms with Crippen LogP contribution in [0.5, 0.6) is 0 Å². The third-order valence-corrected chi connectivity index (χ3v) is 4.93. The van der Waals surface area contributed by atoms with Gasteiger partial charge in [-0.25, -0.2) is 0 Å². The lowest BCUT2D eigenvalue weighted by Gasteiger charge is -2.27. The zero-order chi connectivity index (χ0) is 19.3. The van der Waals surface area contributed by atoms with Crippen LogP contribution in [0.4, 0.5) is 28.4 Å². The first-order valence-electron chi connectivity index (χ1n) is 9.53. The molecule has 0 atom stereocenters. The fourth-order valence-electron chi connectivity index (χ4n) is 3.36. The zero-order valence-electron chi connectivity index (χ0n) is 16.3. The molecule has 2 nitrogen and oxygen atoms in total. The lowest BCUT2D eigenvalue weighted by molar-refractivity contribution is 1.19. The first-order valence-corrected chi connectivity index (χ1v) is 9.53. The molecule has 4 aromatic carbocycles. The van der Waals surface area contributed by atoms with Gasteiger partial charge in [-0.05, 0) is 61.5 Å². The van der Waals surface area contributed by atoms with Crippen molar-refractivity contribution in [2.24, 2.45) is 0 Å². The molecule has 0 saturated carbocycles. The summed E-state index contributed by atoms with van der Waals surface area (Å²) in [5.41, 5.74) is 7.01. The minimum absolute atomic E-state index is 1.13. The van der Waals surface area contributed by atoms with Crippen molar-refractivity contribution >= 4 is 28.4 Å². The van der Waals surface area contributed by atoms with Crippen molar-refractivity contribution in [3.05, 3.63) is 115 Å². The second-order valence-corrected chi connectivity index (χ2v) is 6.92. The van der Waals surface area contributed by atoms with Crippen LogP contribution in [0.25, 0.3) is 0 Å². The van der Waals surface area contributed by atoms with Crippen LogP contribution in [0.3, 0.4) is 0 Å². The molecule has 4 aromatic rings. The summed E-state index contributed by atoms with van der Waals surface area (Å²) >= 11 is 0. The van der Waals surface area contributed by atoms with Crippen molar-refractivity contribution in [1.82, 2.24) is 0 Å². The van der Waals surface area contributed by atoms with Crippen LogP contribution in [0, 0.1) is 6.92 Å². The molecule has 4 rings (SSSR count). The van der Waals surface area contributed by atoms with E-state index in [2.05, 4.69) is 121 Å². The SMILES string of the molecule is Cc1ccc(N(C)c2cccc(N(c3ccccc3)c3ccccc3)c2)cc1. The van der Waals surface area contributed by atoms with Crippen LogP contribution in [0.2, 0.25) is 0 Å². The van der Waals surface area contributed by atoms with E-state index >= 15 is 0 Å². The van der Waals surface area contributed by atoms with Gasteiger partial charge in [-0.3, -0.25) is 0 Å². The average molecular weight is 364 g/mol. The van der Waals surface area contributed by atoms with E-state index in [1.807, 2.05) is 12.1 Å². The summed E-state index contributed by atoms with van der Waals surface area (Å²) in [6, 6.07) is 38.3. The smallest absolute Gasteiger partial charge is 0.0482 e. The maximum atomic E-state index is 2.28. The Morgan fingerprint density at radius 3 is 1.54 bits per heavy atom. The van der Waals surface area contributed by atoms with Gasteiger partial charge < -0.3 is 9.80 Å². The Balaban J connectivity index is 1.76. The molecule has 0 aliphatic rings. The Labute approximate surface area is 167 Å². The summed E-state index contributed by atoms with van der Waals surface area (Å²) in [7, 11) is 2.11. The van der Waals surface area contributed by atoms with Crippen molar-refractivity contribution in [3.63, 3.8) is 0 Å². The number of aryl methyl sites for hydroxylation is 1. The third kappa shape index (κ3) is 3.77. The molecule has 0 bridgehead atoms. The monoisotopic (exact) mass is 364 g/mol. The molecule has 0 saturated heterocycles. The van der Waals surface area contributed by atoms with Crippen molar-refractivity contribution < 1.29 is 0 Å². The van der Waals surface area contributed by atoms with Crippen molar-refractivity contribution in [3.8, 4) is 0 Å². The van der Waals surface area contributed by atoms with E-state index in [1.165, 1.54) is 11.3 Å². The molecule has 0 fully saturated rings. The number of anilines is 5. The predicted octanol–water partition coefficient (Wildman–Crippen LogP) is 7.23. The summed E-state index contributed by atoms with van der Waals surface area (Å²) in [6.07, 6.45) is 0. The number of benzene rings is 4. The van der Waals surface area contributed by atoms with Crippen molar-refractivity contribution in [2.75, 3.05) is 16.8 Å². The fraction of sp³-hybridized carbons (Fsp3) is 0.0769. The van der Waals surface area contributed by atoms with Crippen molar-refractivity contribution in [1.29, 1.82) is 0 Å². The maximum Gasteiger partial charge on any atom is 0.0482 e. The molecule has 0 aliphatic carbocycles. The largest absolute Gasteiger partial charge is 0.345 e. The number of para-hydroxylation sites is 2. The topological polar surface area (TPSA) is 6.48 Å². The number of hydrogen-bond donors (Lipinski definition) is 0. The second-order valence-electron chi connectivity index (χ2n) is 6.92. The van der Waals surface area contributed by atoms with E-state index < -0.39 is 0 Å². The highest BCUT2D eigenvalue weighted by Crippen LogP contribution is 2.36. The van der Waals surface area contributed by atoms with Gasteiger partial charge in [-0.1, -0.05) is 60.2 Å². The Morgan fingerprint density at radius 1 is 0.464 bits per heavy atom. The van der Waals surface area contributed by atoms with E-state index in [4.69, 9.17) is 0 Å². The highest BCUT2D eigenvalue weighted by molar-refractivity contribution is 5.79. The number of hydrogen-bond acceptors (Lipinski definition) is 2. The number of rotatable bonds is 5. The lowest BCUT2D eigenvalue weighted by Crippen LogP contribution is -2.12. The van der Waals surface area contributed by atoms with Gasteiger partial charge in [0.15, 0.2) is 0 Å². The number of nitrogens with zero attached hydrogens (tertiary/aromatic N) is 2. The Kier molecular flexibility index (Phi) is 5.11. The van der Waals surface area contributed by atoms with E-state index in [1.54, 1.807) is 0 Å². The van der Waals surface area contributed by atoms with Gasteiger partial charge in [-0.15, -0.1) is 0 Å². The lowest BCUT2D eigenvalue weighted by atomic mass is 10.1. The third-order valence-electron chi connectivity index (χ3n) is 4.93. The van der Waals surface area contributed by atoms with E-state index in [0.29, 0.717) is 0 Å². The molecule has 0 heterocycles. The molecule has 0 N–H and O–H groups in total. The molecule has 0 spiro atoms. The van der Waals surface area contributed by atoms with Crippen LogP contribution < -0.4 is 9.80 Å². The standard InChI is InChI=1S/C26H24N2/c1-21-16-18-22(19-17-21)27(2)25-14-9-15-26(20-25)28(23-10-5-3-6-11-23)24-12-7-4-8-13-24/h3-20H,1-2H3. The molecule has 0 radical (unpaired) electrons. The van der Waals surface area contributed by atoms with E-state index in [0.717, 1.165) is 22.7 Å². The summed E-state index contributed by atoms with van der Waals surface area (Å²) in [6.45, 7) is 2.11. The first kappa shape index (κ1) is 17.9. The second kappa shape index (κ2) is 8.01. The normalized spacial score (nSPS) is 10.5. The van der Waals surface area contributed by atoms with Crippen molar-refractivity contribution in [2.45, 2.75) is 6.92 Å². The van der Waals surface area contributed by atoms with Gasteiger partial charge in [0.25, 0.3) is 0 Å². The van der Waals surface area contributed by atoms with Gasteiger partial charge in [0, 0.05) is 35.5 Å². The van der Waals surface area contributed by atoms with Crippen LogP contribution >= 0.6 is 0 Å². The highest BCUT2D eigenvalue weighted by Gasteiger charge is 2.13. The van der Waals surface area contributed by atoms with E-state index in [-0.39, 0.29) is 0 Å². The molecule has 0 unspecified atom stereocenters. The molecule has 28 heavy (non-hydrogen) atoms. The Morgan fingerprint density at radius 2 is 0.964 bits per heavy atom.